The molecule has 0 aliphatic carbocycles. The van der Waals surface area contributed by atoms with Gasteiger partial charge in [0.25, 0.3) is 0 Å². The average molecular weight is 648 g/mol. The minimum absolute atomic E-state index is 0.0719. The van der Waals surface area contributed by atoms with E-state index in [9.17, 15) is 14.4 Å². The molecule has 0 aromatic heterocycles. The monoisotopic (exact) mass is 647 g/mol. The third-order valence-corrected chi connectivity index (χ3v) is 7.63. The van der Waals surface area contributed by atoms with E-state index in [1.165, 1.54) is 7.11 Å². The zero-order chi connectivity index (χ0) is 33.6. The first-order chi connectivity index (χ1) is 22.7. The first-order valence-electron chi connectivity index (χ1n) is 16.2. The summed E-state index contributed by atoms with van der Waals surface area (Å²) in [4.78, 5) is 38.8. The Balaban J connectivity index is 1.27. The third kappa shape index (κ3) is 11.2. The van der Waals surface area contributed by atoms with Gasteiger partial charge in [-0.2, -0.15) is 0 Å². The summed E-state index contributed by atoms with van der Waals surface area (Å²) in [5.74, 6) is 1.66. The predicted molar refractivity (Wildman–Crippen MR) is 176 cm³/mol. The molecule has 252 valence electrons. The molecule has 0 unspecified atom stereocenters. The Labute approximate surface area is 276 Å². The number of piperidine rings is 1. The lowest BCUT2D eigenvalue weighted by molar-refractivity contribution is -0.132. The van der Waals surface area contributed by atoms with Crippen molar-refractivity contribution in [3.8, 4) is 17.2 Å². The number of amides is 1. The van der Waals surface area contributed by atoms with Crippen molar-refractivity contribution in [1.29, 1.82) is 0 Å². The Kier molecular flexibility index (Phi) is 13.3. The smallest absolute Gasteiger partial charge is 0.493 e. The fourth-order valence-corrected chi connectivity index (χ4v) is 5.20. The normalized spacial score (nSPS) is 13.2. The van der Waals surface area contributed by atoms with E-state index in [1.807, 2.05) is 62.4 Å². The van der Waals surface area contributed by atoms with Gasteiger partial charge in [0.2, 0.25) is 5.91 Å². The van der Waals surface area contributed by atoms with Crippen LogP contribution in [0.25, 0.3) is 0 Å². The molecule has 0 atom stereocenters. The lowest BCUT2D eigenvalue weighted by Gasteiger charge is -2.31. The predicted octanol–water partition coefficient (Wildman–Crippen LogP) is 6.56. The SMILES string of the molecule is CCOC(=O)c1ccc(OCCCc2ccc(OCc3ccc(OC(C)C)cc3)cc2)c(CC(=O)N2CCC(OC(=O)OC)CC2)c1. The van der Waals surface area contributed by atoms with E-state index in [0.29, 0.717) is 56.0 Å². The van der Waals surface area contributed by atoms with Crippen LogP contribution in [0.2, 0.25) is 0 Å². The Morgan fingerprint density at radius 1 is 0.872 bits per heavy atom. The number of benzene rings is 3. The van der Waals surface area contributed by atoms with Crippen LogP contribution in [-0.2, 0) is 38.5 Å². The molecule has 4 rings (SSSR count). The van der Waals surface area contributed by atoms with Gasteiger partial charge in [0.1, 0.15) is 30.0 Å². The summed E-state index contributed by atoms with van der Waals surface area (Å²) in [6.45, 7) is 7.82. The molecule has 47 heavy (non-hydrogen) atoms. The number of ether oxygens (including phenoxy) is 6. The highest BCUT2D eigenvalue weighted by Crippen LogP contribution is 2.25. The molecule has 10 heteroatoms. The van der Waals surface area contributed by atoms with Crippen LogP contribution in [0.5, 0.6) is 17.2 Å². The summed E-state index contributed by atoms with van der Waals surface area (Å²) in [7, 11) is 1.27. The maximum Gasteiger partial charge on any atom is 0.508 e. The second-order valence-electron chi connectivity index (χ2n) is 11.6. The van der Waals surface area contributed by atoms with Crippen LogP contribution in [0.15, 0.2) is 66.7 Å². The maximum atomic E-state index is 13.2. The number of methoxy groups -OCH3 is 1. The molecule has 0 radical (unpaired) electrons. The van der Waals surface area contributed by atoms with Crippen LogP contribution >= 0.6 is 0 Å². The molecule has 1 amide bonds. The molecule has 1 aliphatic heterocycles. The van der Waals surface area contributed by atoms with Crippen molar-refractivity contribution in [1.82, 2.24) is 4.90 Å². The molecule has 0 bridgehead atoms. The molecular formula is C37H45NO9. The second kappa shape index (κ2) is 17.8. The Morgan fingerprint density at radius 2 is 1.55 bits per heavy atom. The number of likely N-dealkylation sites (tertiary alicyclic amines) is 1. The minimum Gasteiger partial charge on any atom is -0.493 e. The zero-order valence-corrected chi connectivity index (χ0v) is 27.7. The van der Waals surface area contributed by atoms with Gasteiger partial charge in [-0.1, -0.05) is 24.3 Å². The van der Waals surface area contributed by atoms with Crippen LogP contribution in [-0.4, -0.2) is 68.6 Å². The highest BCUT2D eigenvalue weighted by molar-refractivity contribution is 5.90. The van der Waals surface area contributed by atoms with E-state index < -0.39 is 12.1 Å². The highest BCUT2D eigenvalue weighted by Gasteiger charge is 2.26. The van der Waals surface area contributed by atoms with Gasteiger partial charge in [-0.05, 0) is 87.2 Å². The minimum atomic E-state index is -0.718. The first kappa shape index (κ1) is 35.1. The fourth-order valence-electron chi connectivity index (χ4n) is 5.20. The van der Waals surface area contributed by atoms with Crippen molar-refractivity contribution in [2.45, 2.75) is 71.7 Å². The number of hydrogen-bond acceptors (Lipinski definition) is 9. The Bertz CT molecular complexity index is 1450. The summed E-state index contributed by atoms with van der Waals surface area (Å²) in [5.41, 5.74) is 3.21. The van der Waals surface area contributed by atoms with Gasteiger partial charge in [0, 0.05) is 31.5 Å². The number of carbonyl (C=O) groups is 3. The van der Waals surface area contributed by atoms with Crippen molar-refractivity contribution in [2.24, 2.45) is 0 Å². The Morgan fingerprint density at radius 3 is 2.21 bits per heavy atom. The number of aryl methyl sites for hydroxylation is 1. The molecular weight excluding hydrogens is 602 g/mol. The quantitative estimate of drug-likeness (QED) is 0.134. The van der Waals surface area contributed by atoms with Crippen LogP contribution in [0.1, 0.15) is 67.1 Å². The van der Waals surface area contributed by atoms with Crippen molar-refractivity contribution in [3.05, 3.63) is 89.0 Å². The molecule has 0 N–H and O–H groups in total. The fraction of sp³-hybridized carbons (Fsp3) is 0.432. The number of nitrogens with zero attached hydrogens (tertiary/aromatic N) is 1. The summed E-state index contributed by atoms with van der Waals surface area (Å²) < 4.78 is 32.7. The van der Waals surface area contributed by atoms with Gasteiger partial charge in [-0.15, -0.1) is 0 Å². The summed E-state index contributed by atoms with van der Waals surface area (Å²) in [6.07, 6.45) is 1.82. The van der Waals surface area contributed by atoms with Gasteiger partial charge < -0.3 is 33.3 Å². The molecule has 1 aliphatic rings. The van der Waals surface area contributed by atoms with Crippen molar-refractivity contribution in [3.63, 3.8) is 0 Å². The van der Waals surface area contributed by atoms with Gasteiger partial charge in [0.05, 0.1) is 38.4 Å². The van der Waals surface area contributed by atoms with E-state index >= 15 is 0 Å². The Hall–Kier alpha value is -4.73. The van der Waals surface area contributed by atoms with Gasteiger partial charge in [-0.25, -0.2) is 9.59 Å². The number of esters is 1. The van der Waals surface area contributed by atoms with E-state index in [-0.39, 0.29) is 31.1 Å². The maximum absolute atomic E-state index is 13.2. The molecule has 0 saturated carbocycles. The van der Waals surface area contributed by atoms with Crippen LogP contribution in [0.3, 0.4) is 0 Å². The van der Waals surface area contributed by atoms with Crippen molar-refractivity contribution in [2.75, 3.05) is 33.4 Å². The van der Waals surface area contributed by atoms with E-state index in [2.05, 4.69) is 4.74 Å². The largest absolute Gasteiger partial charge is 0.508 e. The second-order valence-corrected chi connectivity index (χ2v) is 11.6. The lowest BCUT2D eigenvalue weighted by Crippen LogP contribution is -2.42. The van der Waals surface area contributed by atoms with E-state index in [4.69, 9.17) is 23.7 Å². The third-order valence-electron chi connectivity index (χ3n) is 7.63. The molecule has 1 saturated heterocycles. The van der Waals surface area contributed by atoms with E-state index in [1.54, 1.807) is 30.0 Å². The standard InChI is InChI=1S/C37H45NO9/c1-5-43-36(40)29-12-17-34(30(23-29)24-35(39)38-20-18-33(19-21-38)47-37(41)42-4)44-22-6-7-27-8-13-31(14-9-27)45-25-28-10-15-32(16-11-28)46-26(2)3/h8-17,23,26,33H,5-7,18-22,24-25H2,1-4H3. The molecule has 3 aromatic carbocycles. The molecule has 3 aromatic rings. The molecule has 1 fully saturated rings. The van der Waals surface area contributed by atoms with Crippen molar-refractivity contribution < 1.29 is 42.8 Å². The number of hydrogen-bond donors (Lipinski definition) is 0. The van der Waals surface area contributed by atoms with Gasteiger partial charge in [0.15, 0.2) is 0 Å². The topological polar surface area (TPSA) is 110 Å². The summed E-state index contributed by atoms with van der Waals surface area (Å²) in [6, 6.07) is 21.0. The number of rotatable bonds is 15. The number of carbonyl (C=O) groups excluding carboxylic acids is 3. The van der Waals surface area contributed by atoms with Crippen LogP contribution < -0.4 is 14.2 Å². The summed E-state index contributed by atoms with van der Waals surface area (Å²) >= 11 is 0. The molecule has 1 heterocycles. The van der Waals surface area contributed by atoms with Crippen LogP contribution in [0.4, 0.5) is 4.79 Å². The van der Waals surface area contributed by atoms with Crippen LogP contribution in [0, 0.1) is 0 Å². The molecule has 0 spiro atoms. The van der Waals surface area contributed by atoms with E-state index in [0.717, 1.165) is 35.5 Å². The van der Waals surface area contributed by atoms with Gasteiger partial charge in [-0.3, -0.25) is 4.79 Å². The highest BCUT2D eigenvalue weighted by atomic mass is 16.7. The first-order valence-corrected chi connectivity index (χ1v) is 16.2. The summed E-state index contributed by atoms with van der Waals surface area (Å²) in [5, 5.41) is 0. The van der Waals surface area contributed by atoms with Crippen molar-refractivity contribution >= 4 is 18.0 Å². The van der Waals surface area contributed by atoms with Gasteiger partial charge >= 0.3 is 12.1 Å². The average Bonchev–Trinajstić information content (AvgIpc) is 3.07. The zero-order valence-electron chi connectivity index (χ0n) is 27.7. The lowest BCUT2D eigenvalue weighted by atomic mass is 10.0. The molecule has 10 nitrogen and oxygen atoms in total.